The topological polar surface area (TPSA) is 63.6 Å². The minimum absolute atomic E-state index is 0. The summed E-state index contributed by atoms with van der Waals surface area (Å²) in [5, 5.41) is 8.80. The molecule has 21 heavy (non-hydrogen) atoms. The SMILES string of the molecule is Cc1ccccc1OCc1ccccc1C(=O)C(=O)O.[NaH]. The standard InChI is InChI=1S/C16H14O4.Na.H/c1-11-6-2-5-9-14(11)20-10-12-7-3-4-8-13(12)15(17)16(18)19;;/h2-9H,10H2,1H3,(H,18,19);;. The van der Waals surface area contributed by atoms with E-state index in [-0.39, 0.29) is 41.7 Å². The number of rotatable bonds is 5. The Morgan fingerprint density at radius 1 is 1.05 bits per heavy atom. The van der Waals surface area contributed by atoms with Crippen molar-refractivity contribution in [1.82, 2.24) is 0 Å². The average Bonchev–Trinajstić information content (AvgIpc) is 2.46. The van der Waals surface area contributed by atoms with Crippen LogP contribution in [0, 0.1) is 6.92 Å². The van der Waals surface area contributed by atoms with Gasteiger partial charge in [-0.25, -0.2) is 4.79 Å². The van der Waals surface area contributed by atoms with Crippen molar-refractivity contribution < 1.29 is 19.4 Å². The molecule has 5 heteroatoms. The second-order valence-electron chi connectivity index (χ2n) is 4.35. The summed E-state index contributed by atoms with van der Waals surface area (Å²) < 4.78 is 5.65. The normalized spacial score (nSPS) is 9.57. The number of carbonyl (C=O) groups is 2. The number of para-hydroxylation sites is 1. The van der Waals surface area contributed by atoms with E-state index in [9.17, 15) is 9.59 Å². The van der Waals surface area contributed by atoms with Crippen LogP contribution in [0.1, 0.15) is 21.5 Å². The molecule has 0 fully saturated rings. The third-order valence-electron chi connectivity index (χ3n) is 2.93. The Balaban J connectivity index is 0.00000220. The third-order valence-corrected chi connectivity index (χ3v) is 2.93. The number of hydrogen-bond donors (Lipinski definition) is 1. The van der Waals surface area contributed by atoms with Gasteiger partial charge in [0, 0.05) is 11.1 Å². The first-order valence-corrected chi connectivity index (χ1v) is 6.13. The summed E-state index contributed by atoms with van der Waals surface area (Å²) in [5.41, 5.74) is 1.70. The molecule has 0 spiro atoms. The Hall–Kier alpha value is -1.62. The minimum atomic E-state index is -1.46. The molecule has 0 bridgehead atoms. The van der Waals surface area contributed by atoms with Crippen molar-refractivity contribution in [3.8, 4) is 5.75 Å². The van der Waals surface area contributed by atoms with E-state index in [1.54, 1.807) is 18.2 Å². The average molecular weight is 294 g/mol. The Labute approximate surface area is 145 Å². The quantitative estimate of drug-likeness (QED) is 0.521. The fourth-order valence-electron chi connectivity index (χ4n) is 1.86. The monoisotopic (exact) mass is 294 g/mol. The first-order chi connectivity index (χ1) is 9.59. The van der Waals surface area contributed by atoms with Gasteiger partial charge in [0.25, 0.3) is 5.78 Å². The summed E-state index contributed by atoms with van der Waals surface area (Å²) in [4.78, 5) is 22.4. The molecule has 0 aromatic heterocycles. The first kappa shape index (κ1) is 17.4. The van der Waals surface area contributed by atoms with Gasteiger partial charge < -0.3 is 9.84 Å². The summed E-state index contributed by atoms with van der Waals surface area (Å²) in [5.74, 6) is -1.67. The van der Waals surface area contributed by atoms with Crippen LogP contribution in [0.3, 0.4) is 0 Å². The molecule has 0 heterocycles. The molecule has 4 nitrogen and oxygen atoms in total. The van der Waals surface area contributed by atoms with Crippen molar-refractivity contribution in [2.45, 2.75) is 13.5 Å². The van der Waals surface area contributed by atoms with Gasteiger partial charge in [-0.05, 0) is 18.6 Å². The number of carboxylic acid groups (broad SMARTS) is 1. The maximum absolute atomic E-state index is 11.6. The summed E-state index contributed by atoms with van der Waals surface area (Å²) in [7, 11) is 0. The van der Waals surface area contributed by atoms with E-state index >= 15 is 0 Å². The maximum atomic E-state index is 11.6. The molecule has 0 saturated carbocycles. The van der Waals surface area contributed by atoms with Gasteiger partial charge in [-0.1, -0.05) is 42.5 Å². The van der Waals surface area contributed by atoms with Crippen LogP contribution in [0.15, 0.2) is 48.5 Å². The van der Waals surface area contributed by atoms with Crippen molar-refractivity contribution in [2.75, 3.05) is 0 Å². The molecule has 0 unspecified atom stereocenters. The van der Waals surface area contributed by atoms with E-state index < -0.39 is 11.8 Å². The van der Waals surface area contributed by atoms with Crippen molar-refractivity contribution >= 4 is 41.3 Å². The molecule has 1 N–H and O–H groups in total. The number of hydrogen-bond acceptors (Lipinski definition) is 3. The van der Waals surface area contributed by atoms with Crippen molar-refractivity contribution in [2.24, 2.45) is 0 Å². The summed E-state index contributed by atoms with van der Waals surface area (Å²) >= 11 is 0. The zero-order valence-electron chi connectivity index (χ0n) is 11.0. The van der Waals surface area contributed by atoms with Crippen LogP contribution < -0.4 is 4.74 Å². The summed E-state index contributed by atoms with van der Waals surface area (Å²) in [6.45, 7) is 2.07. The number of ketones is 1. The van der Waals surface area contributed by atoms with Gasteiger partial charge in [0.15, 0.2) is 0 Å². The Morgan fingerprint density at radius 3 is 2.33 bits per heavy atom. The fraction of sp³-hybridized carbons (Fsp3) is 0.125. The van der Waals surface area contributed by atoms with E-state index in [4.69, 9.17) is 9.84 Å². The number of ether oxygens (including phenoxy) is 1. The number of benzene rings is 2. The Kier molecular flexibility index (Phi) is 6.62. The number of aryl methyl sites for hydroxylation is 1. The third kappa shape index (κ3) is 4.43. The number of carboxylic acids is 1. The number of aliphatic carboxylic acids is 1. The van der Waals surface area contributed by atoms with Gasteiger partial charge in [-0.15, -0.1) is 0 Å². The van der Waals surface area contributed by atoms with Gasteiger partial charge in [0.2, 0.25) is 0 Å². The van der Waals surface area contributed by atoms with Crippen molar-refractivity contribution in [1.29, 1.82) is 0 Å². The second kappa shape index (κ2) is 7.98. The van der Waals surface area contributed by atoms with E-state index in [2.05, 4.69) is 0 Å². The fourth-order valence-corrected chi connectivity index (χ4v) is 1.86. The van der Waals surface area contributed by atoms with E-state index in [1.807, 2.05) is 31.2 Å². The van der Waals surface area contributed by atoms with Gasteiger partial charge in [0.05, 0.1) is 0 Å². The van der Waals surface area contributed by atoms with E-state index in [0.29, 0.717) is 11.3 Å². The summed E-state index contributed by atoms with van der Waals surface area (Å²) in [6, 6.07) is 14.1. The van der Waals surface area contributed by atoms with Crippen LogP contribution in [0.4, 0.5) is 0 Å². The molecule has 0 aliphatic carbocycles. The molecule has 0 amide bonds. The molecule has 0 saturated heterocycles. The number of carbonyl (C=O) groups excluding carboxylic acids is 1. The zero-order valence-corrected chi connectivity index (χ0v) is 11.0. The molecule has 0 atom stereocenters. The van der Waals surface area contributed by atoms with Crippen LogP contribution in [-0.2, 0) is 11.4 Å². The van der Waals surface area contributed by atoms with Crippen LogP contribution in [0.5, 0.6) is 5.75 Å². The summed E-state index contributed by atoms with van der Waals surface area (Å²) in [6.07, 6.45) is 0. The van der Waals surface area contributed by atoms with Gasteiger partial charge in [-0.2, -0.15) is 0 Å². The molecule has 104 valence electrons. The first-order valence-electron chi connectivity index (χ1n) is 6.13. The predicted octanol–water partition coefficient (Wildman–Crippen LogP) is 2.19. The zero-order chi connectivity index (χ0) is 14.5. The second-order valence-corrected chi connectivity index (χ2v) is 4.35. The van der Waals surface area contributed by atoms with Crippen molar-refractivity contribution in [3.63, 3.8) is 0 Å². The van der Waals surface area contributed by atoms with Crippen molar-refractivity contribution in [3.05, 3.63) is 65.2 Å². The Bertz CT molecular complexity index is 652. The van der Waals surface area contributed by atoms with Crippen LogP contribution >= 0.6 is 0 Å². The van der Waals surface area contributed by atoms with Crippen LogP contribution in [0.2, 0.25) is 0 Å². The molecular weight excluding hydrogens is 279 g/mol. The van der Waals surface area contributed by atoms with Gasteiger partial charge >= 0.3 is 35.5 Å². The predicted molar refractivity (Wildman–Crippen MR) is 81.1 cm³/mol. The molecular formula is C16H15NaO4. The molecule has 0 radical (unpaired) electrons. The Morgan fingerprint density at radius 2 is 1.67 bits per heavy atom. The van der Waals surface area contributed by atoms with Crippen LogP contribution in [0.25, 0.3) is 0 Å². The van der Waals surface area contributed by atoms with Gasteiger partial charge in [-0.3, -0.25) is 4.79 Å². The van der Waals surface area contributed by atoms with Crippen LogP contribution in [-0.4, -0.2) is 46.4 Å². The number of Topliss-reactive ketones (excluding diaryl/α,β-unsaturated/α-hetero) is 1. The van der Waals surface area contributed by atoms with Gasteiger partial charge in [0.1, 0.15) is 12.4 Å². The molecule has 2 aromatic carbocycles. The molecule has 0 aliphatic rings. The molecule has 2 rings (SSSR count). The van der Waals surface area contributed by atoms with E-state index in [0.717, 1.165) is 5.56 Å². The van der Waals surface area contributed by atoms with E-state index in [1.165, 1.54) is 6.07 Å². The molecule has 0 aliphatic heterocycles. The molecule has 2 aromatic rings.